The summed E-state index contributed by atoms with van der Waals surface area (Å²) in [6, 6.07) is 12.6. The summed E-state index contributed by atoms with van der Waals surface area (Å²) in [7, 11) is 0. The molecule has 2 aromatic rings. The van der Waals surface area contributed by atoms with Crippen LogP contribution in [0.15, 0.2) is 42.5 Å². The number of hydrazine groups is 1. The number of rotatable bonds is 6. The fourth-order valence-electron chi connectivity index (χ4n) is 2.34. The molecule has 6 nitrogen and oxygen atoms in total. The molecular weight excluding hydrogens is 366 g/mol. The van der Waals surface area contributed by atoms with E-state index in [0.717, 1.165) is 22.4 Å². The van der Waals surface area contributed by atoms with E-state index in [-0.39, 0.29) is 31.1 Å². The topological polar surface area (TPSA) is 87.3 Å². The van der Waals surface area contributed by atoms with Gasteiger partial charge in [0, 0.05) is 23.6 Å². The molecule has 0 aromatic heterocycles. The Morgan fingerprint density at radius 1 is 0.852 bits per heavy atom. The van der Waals surface area contributed by atoms with Crippen molar-refractivity contribution < 1.29 is 14.4 Å². The predicted octanol–water partition coefficient (Wildman–Crippen LogP) is 3.07. The standard InChI is InChI=1S/C20H22ClN3O3/c1-13-3-4-14(2)17(11-13)22-18(25)9-10-19(26)23-24-20(27)12-15-5-7-16(21)8-6-15/h3-8,11H,9-10,12H2,1-2H3,(H,22,25)(H,23,26)(H,24,27). The minimum absolute atomic E-state index is 0.0201. The van der Waals surface area contributed by atoms with Crippen LogP contribution in [0.5, 0.6) is 0 Å². The first-order valence-corrected chi connectivity index (χ1v) is 8.90. The molecule has 0 aliphatic carbocycles. The maximum Gasteiger partial charge on any atom is 0.242 e. The molecule has 3 amide bonds. The Kier molecular flexibility index (Phi) is 7.37. The summed E-state index contributed by atoms with van der Waals surface area (Å²) in [4.78, 5) is 35.6. The number of hydrogen-bond donors (Lipinski definition) is 3. The summed E-state index contributed by atoms with van der Waals surface area (Å²) in [5, 5.41) is 3.38. The number of benzene rings is 2. The van der Waals surface area contributed by atoms with Crippen molar-refractivity contribution in [3.8, 4) is 0 Å². The van der Waals surface area contributed by atoms with E-state index in [0.29, 0.717) is 5.02 Å². The Labute approximate surface area is 163 Å². The molecule has 3 N–H and O–H groups in total. The van der Waals surface area contributed by atoms with E-state index in [4.69, 9.17) is 11.6 Å². The van der Waals surface area contributed by atoms with Gasteiger partial charge in [-0.25, -0.2) is 0 Å². The summed E-state index contributed by atoms with van der Waals surface area (Å²) in [6.07, 6.45) is 0.106. The molecule has 0 bridgehead atoms. The minimum atomic E-state index is -0.435. The minimum Gasteiger partial charge on any atom is -0.326 e. The van der Waals surface area contributed by atoms with E-state index in [1.807, 2.05) is 32.0 Å². The van der Waals surface area contributed by atoms with Crippen LogP contribution < -0.4 is 16.2 Å². The smallest absolute Gasteiger partial charge is 0.242 e. The Morgan fingerprint density at radius 3 is 2.19 bits per heavy atom. The normalized spacial score (nSPS) is 10.2. The van der Waals surface area contributed by atoms with Gasteiger partial charge in [-0.1, -0.05) is 35.9 Å². The van der Waals surface area contributed by atoms with Crippen LogP contribution in [-0.4, -0.2) is 17.7 Å². The highest BCUT2D eigenvalue weighted by atomic mass is 35.5. The third kappa shape index (κ3) is 7.11. The summed E-state index contributed by atoms with van der Waals surface area (Å²) in [5.41, 5.74) is 8.14. The first-order valence-electron chi connectivity index (χ1n) is 8.52. The molecule has 0 unspecified atom stereocenters. The van der Waals surface area contributed by atoms with Gasteiger partial charge in [0.15, 0.2) is 0 Å². The van der Waals surface area contributed by atoms with Crippen molar-refractivity contribution in [1.29, 1.82) is 0 Å². The van der Waals surface area contributed by atoms with Crippen molar-refractivity contribution in [3.05, 3.63) is 64.2 Å². The average molecular weight is 388 g/mol. The lowest BCUT2D eigenvalue weighted by atomic mass is 10.1. The zero-order valence-electron chi connectivity index (χ0n) is 15.3. The van der Waals surface area contributed by atoms with Crippen LogP contribution in [0.25, 0.3) is 0 Å². The van der Waals surface area contributed by atoms with Crippen LogP contribution in [0, 0.1) is 13.8 Å². The first-order chi connectivity index (χ1) is 12.8. The summed E-state index contributed by atoms with van der Waals surface area (Å²) in [5.74, 6) is -1.05. The van der Waals surface area contributed by atoms with Crippen LogP contribution >= 0.6 is 11.6 Å². The fraction of sp³-hybridized carbons (Fsp3) is 0.250. The van der Waals surface area contributed by atoms with Gasteiger partial charge in [0.25, 0.3) is 0 Å². The molecule has 142 valence electrons. The number of carbonyl (C=O) groups is 3. The van der Waals surface area contributed by atoms with E-state index in [1.165, 1.54) is 0 Å². The van der Waals surface area contributed by atoms with Crippen molar-refractivity contribution in [3.63, 3.8) is 0 Å². The van der Waals surface area contributed by atoms with Crippen molar-refractivity contribution in [2.24, 2.45) is 0 Å². The number of halogens is 1. The van der Waals surface area contributed by atoms with Crippen LogP contribution in [0.2, 0.25) is 5.02 Å². The lowest BCUT2D eigenvalue weighted by Crippen LogP contribution is -2.42. The Morgan fingerprint density at radius 2 is 1.48 bits per heavy atom. The molecule has 2 aromatic carbocycles. The van der Waals surface area contributed by atoms with E-state index >= 15 is 0 Å². The number of aryl methyl sites for hydroxylation is 2. The molecule has 0 radical (unpaired) electrons. The second-order valence-corrected chi connectivity index (χ2v) is 6.70. The number of nitrogens with one attached hydrogen (secondary N) is 3. The van der Waals surface area contributed by atoms with Crippen molar-refractivity contribution in [2.45, 2.75) is 33.1 Å². The molecule has 0 saturated carbocycles. The van der Waals surface area contributed by atoms with Crippen LogP contribution in [0.1, 0.15) is 29.5 Å². The van der Waals surface area contributed by atoms with Crippen molar-refractivity contribution in [1.82, 2.24) is 10.9 Å². The van der Waals surface area contributed by atoms with Gasteiger partial charge in [0.1, 0.15) is 0 Å². The second-order valence-electron chi connectivity index (χ2n) is 6.27. The van der Waals surface area contributed by atoms with Gasteiger partial charge in [-0.2, -0.15) is 0 Å². The highest BCUT2D eigenvalue weighted by Gasteiger charge is 2.10. The SMILES string of the molecule is Cc1ccc(C)c(NC(=O)CCC(=O)NNC(=O)Cc2ccc(Cl)cc2)c1. The van der Waals surface area contributed by atoms with Gasteiger partial charge in [0.05, 0.1) is 6.42 Å². The zero-order chi connectivity index (χ0) is 19.8. The van der Waals surface area contributed by atoms with Crippen LogP contribution in [-0.2, 0) is 20.8 Å². The Bertz CT molecular complexity index is 835. The number of carbonyl (C=O) groups excluding carboxylic acids is 3. The van der Waals surface area contributed by atoms with Crippen molar-refractivity contribution in [2.75, 3.05) is 5.32 Å². The Hall–Kier alpha value is -2.86. The van der Waals surface area contributed by atoms with Gasteiger partial charge < -0.3 is 5.32 Å². The van der Waals surface area contributed by atoms with Crippen LogP contribution in [0.4, 0.5) is 5.69 Å². The second kappa shape index (κ2) is 9.73. The molecule has 7 heteroatoms. The summed E-state index contributed by atoms with van der Waals surface area (Å²) < 4.78 is 0. The molecule has 2 rings (SSSR count). The highest BCUT2D eigenvalue weighted by Crippen LogP contribution is 2.16. The van der Waals surface area contributed by atoms with E-state index < -0.39 is 5.91 Å². The van der Waals surface area contributed by atoms with E-state index in [2.05, 4.69) is 16.2 Å². The number of anilines is 1. The maximum absolute atomic E-state index is 12.0. The highest BCUT2D eigenvalue weighted by molar-refractivity contribution is 6.30. The van der Waals surface area contributed by atoms with Gasteiger partial charge in [-0.3, -0.25) is 25.2 Å². The molecule has 0 heterocycles. The summed E-state index contributed by atoms with van der Waals surface area (Å²) >= 11 is 5.79. The number of amides is 3. The average Bonchev–Trinajstić information content (AvgIpc) is 2.63. The molecule has 0 aliphatic heterocycles. The molecule has 0 atom stereocenters. The lowest BCUT2D eigenvalue weighted by Gasteiger charge is -2.10. The summed E-state index contributed by atoms with van der Waals surface area (Å²) in [6.45, 7) is 3.84. The molecule has 0 fully saturated rings. The third-order valence-corrected chi connectivity index (χ3v) is 4.12. The maximum atomic E-state index is 12.0. The van der Waals surface area contributed by atoms with Gasteiger partial charge >= 0.3 is 0 Å². The fourth-order valence-corrected chi connectivity index (χ4v) is 2.47. The van der Waals surface area contributed by atoms with Crippen LogP contribution in [0.3, 0.4) is 0 Å². The van der Waals surface area contributed by atoms with Gasteiger partial charge in [0.2, 0.25) is 17.7 Å². The molecule has 0 saturated heterocycles. The van der Waals surface area contributed by atoms with Crippen molar-refractivity contribution >= 4 is 35.0 Å². The zero-order valence-corrected chi connectivity index (χ0v) is 16.0. The van der Waals surface area contributed by atoms with Gasteiger partial charge in [-0.15, -0.1) is 0 Å². The molecular formula is C20H22ClN3O3. The Balaban J connectivity index is 1.70. The van der Waals surface area contributed by atoms with E-state index in [1.54, 1.807) is 24.3 Å². The lowest BCUT2D eigenvalue weighted by molar-refractivity contribution is -0.129. The molecule has 0 aliphatic rings. The van der Waals surface area contributed by atoms with Gasteiger partial charge in [-0.05, 0) is 48.7 Å². The monoisotopic (exact) mass is 387 g/mol. The molecule has 0 spiro atoms. The van der Waals surface area contributed by atoms with E-state index in [9.17, 15) is 14.4 Å². The largest absolute Gasteiger partial charge is 0.326 e. The first kappa shape index (κ1) is 20.5. The quantitative estimate of drug-likeness (QED) is 0.665. The molecule has 27 heavy (non-hydrogen) atoms. The number of hydrogen-bond acceptors (Lipinski definition) is 3. The third-order valence-electron chi connectivity index (χ3n) is 3.87. The predicted molar refractivity (Wildman–Crippen MR) is 105 cm³/mol.